The molecule has 3 aromatic carbocycles. The predicted octanol–water partition coefficient (Wildman–Crippen LogP) is 6.00. The third-order valence-electron chi connectivity index (χ3n) is 4.41. The Morgan fingerprint density at radius 3 is 2.39 bits per heavy atom. The van der Waals surface area contributed by atoms with Crippen molar-refractivity contribution < 1.29 is 13.9 Å². The van der Waals surface area contributed by atoms with Gasteiger partial charge in [-0.3, -0.25) is 0 Å². The van der Waals surface area contributed by atoms with Crippen LogP contribution in [0.4, 0.5) is 5.69 Å². The number of methoxy groups -OCH3 is 2. The summed E-state index contributed by atoms with van der Waals surface area (Å²) in [5.74, 6) is 2.08. The molecule has 1 heterocycles. The van der Waals surface area contributed by atoms with Gasteiger partial charge in [-0.05, 0) is 48.5 Å². The fourth-order valence-electron chi connectivity index (χ4n) is 2.98. The lowest BCUT2D eigenvalue weighted by molar-refractivity contribution is 0.404. The molecule has 1 aromatic heterocycles. The molecule has 0 saturated heterocycles. The number of hydrogen-bond donors (Lipinski definition) is 0. The maximum absolute atomic E-state index is 6.11. The highest BCUT2D eigenvalue weighted by Gasteiger charge is 2.08. The molecule has 0 aliphatic rings. The average Bonchev–Trinajstić information content (AvgIpc) is 2.74. The van der Waals surface area contributed by atoms with Crippen molar-refractivity contribution in [3.8, 4) is 22.8 Å². The summed E-state index contributed by atoms with van der Waals surface area (Å²) < 4.78 is 16.9. The number of nitrogens with zero attached hydrogens (tertiary/aromatic N) is 1. The maximum Gasteiger partial charge on any atom is 0.144 e. The monoisotopic (exact) mass is 391 g/mol. The van der Waals surface area contributed by atoms with E-state index in [1.807, 2.05) is 72.8 Å². The number of para-hydroxylation sites is 1. The van der Waals surface area contributed by atoms with Crippen molar-refractivity contribution in [2.45, 2.75) is 0 Å². The minimum Gasteiger partial charge on any atom is -0.497 e. The molecular formula is C23H18ClNO3. The molecule has 4 nitrogen and oxygen atoms in total. The minimum atomic E-state index is 0.665. The fourth-order valence-corrected chi connectivity index (χ4v) is 3.11. The fraction of sp³-hybridized carbons (Fsp3) is 0.0870. The van der Waals surface area contributed by atoms with Gasteiger partial charge >= 0.3 is 0 Å². The van der Waals surface area contributed by atoms with Crippen LogP contribution in [-0.2, 0) is 0 Å². The van der Waals surface area contributed by atoms with E-state index < -0.39 is 0 Å². The van der Waals surface area contributed by atoms with Crippen LogP contribution in [-0.4, -0.2) is 14.2 Å². The third kappa shape index (κ3) is 3.59. The zero-order valence-corrected chi connectivity index (χ0v) is 16.2. The Balaban J connectivity index is 1.98. The molecular weight excluding hydrogens is 374 g/mol. The zero-order valence-electron chi connectivity index (χ0n) is 15.5. The van der Waals surface area contributed by atoms with Crippen molar-refractivity contribution >= 4 is 28.3 Å². The summed E-state index contributed by atoms with van der Waals surface area (Å²) in [6.07, 6.45) is 0. The first-order valence-electron chi connectivity index (χ1n) is 8.73. The van der Waals surface area contributed by atoms with Gasteiger partial charge in [0.05, 0.1) is 19.6 Å². The second-order valence-electron chi connectivity index (χ2n) is 6.15. The van der Waals surface area contributed by atoms with E-state index in [2.05, 4.69) is 0 Å². The Labute approximate surface area is 167 Å². The second-order valence-corrected chi connectivity index (χ2v) is 6.58. The Morgan fingerprint density at radius 1 is 0.857 bits per heavy atom. The Morgan fingerprint density at radius 2 is 1.64 bits per heavy atom. The van der Waals surface area contributed by atoms with E-state index in [-0.39, 0.29) is 0 Å². The molecule has 0 fully saturated rings. The molecule has 0 radical (unpaired) electrons. The van der Waals surface area contributed by atoms with E-state index in [0.29, 0.717) is 28.0 Å². The smallest absolute Gasteiger partial charge is 0.144 e. The van der Waals surface area contributed by atoms with Gasteiger partial charge in [0.15, 0.2) is 0 Å². The Kier molecular flexibility index (Phi) is 5.04. The lowest BCUT2D eigenvalue weighted by Crippen LogP contribution is -2.03. The lowest BCUT2D eigenvalue weighted by Gasteiger charge is -2.08. The second kappa shape index (κ2) is 7.79. The summed E-state index contributed by atoms with van der Waals surface area (Å²) in [6.45, 7) is 0. The number of rotatable bonds is 4. The zero-order chi connectivity index (χ0) is 19.5. The molecule has 0 unspecified atom stereocenters. The van der Waals surface area contributed by atoms with E-state index in [1.165, 1.54) is 0 Å². The van der Waals surface area contributed by atoms with Crippen LogP contribution in [0.15, 0.2) is 82.2 Å². The maximum atomic E-state index is 6.11. The molecule has 0 bridgehead atoms. The van der Waals surface area contributed by atoms with Gasteiger partial charge < -0.3 is 13.9 Å². The number of hydrogen-bond acceptors (Lipinski definition) is 4. The number of ether oxygens (including phenoxy) is 2. The van der Waals surface area contributed by atoms with Crippen LogP contribution in [0.5, 0.6) is 11.5 Å². The lowest BCUT2D eigenvalue weighted by atomic mass is 10.1. The van der Waals surface area contributed by atoms with Gasteiger partial charge in [-0.15, -0.1) is 0 Å². The Hall–Kier alpha value is -3.24. The molecule has 140 valence electrons. The van der Waals surface area contributed by atoms with Crippen LogP contribution >= 0.6 is 11.6 Å². The van der Waals surface area contributed by atoms with Crippen LogP contribution in [0, 0.1) is 0 Å². The summed E-state index contributed by atoms with van der Waals surface area (Å²) in [7, 11) is 3.25. The van der Waals surface area contributed by atoms with Gasteiger partial charge in [0.25, 0.3) is 0 Å². The highest BCUT2D eigenvalue weighted by Crippen LogP contribution is 2.31. The van der Waals surface area contributed by atoms with Crippen LogP contribution in [0.2, 0.25) is 5.02 Å². The minimum absolute atomic E-state index is 0.665. The van der Waals surface area contributed by atoms with Gasteiger partial charge in [0.1, 0.15) is 28.5 Å². The summed E-state index contributed by atoms with van der Waals surface area (Å²) in [4.78, 5) is 4.86. The van der Waals surface area contributed by atoms with Crippen molar-refractivity contribution in [1.82, 2.24) is 0 Å². The van der Waals surface area contributed by atoms with E-state index >= 15 is 0 Å². The highest BCUT2D eigenvalue weighted by molar-refractivity contribution is 6.30. The number of halogens is 1. The molecule has 0 N–H and O–H groups in total. The van der Waals surface area contributed by atoms with Crippen molar-refractivity contribution in [3.63, 3.8) is 0 Å². The van der Waals surface area contributed by atoms with Gasteiger partial charge in [-0.2, -0.15) is 0 Å². The first kappa shape index (κ1) is 18.1. The normalized spacial score (nSPS) is 11.6. The quantitative estimate of drug-likeness (QED) is 0.428. The molecule has 0 amide bonds. The summed E-state index contributed by atoms with van der Waals surface area (Å²) in [6, 6.07) is 22.8. The van der Waals surface area contributed by atoms with Crippen molar-refractivity contribution in [2.24, 2.45) is 4.99 Å². The van der Waals surface area contributed by atoms with Crippen molar-refractivity contribution in [3.05, 3.63) is 83.2 Å². The molecule has 0 spiro atoms. The van der Waals surface area contributed by atoms with Crippen LogP contribution in [0.1, 0.15) is 0 Å². The van der Waals surface area contributed by atoms with Crippen LogP contribution < -0.4 is 14.8 Å². The number of fused-ring (bicyclic) bond motifs is 1. The highest BCUT2D eigenvalue weighted by atomic mass is 35.5. The molecule has 0 saturated carbocycles. The largest absolute Gasteiger partial charge is 0.497 e. The SMILES string of the molecule is COc1ccc(OC)c(N=c2cc(-c3ccc(Cl)cc3)oc3ccccc23)c1. The molecule has 0 atom stereocenters. The molecule has 0 aliphatic carbocycles. The molecule has 0 aliphatic heterocycles. The van der Waals surface area contributed by atoms with Crippen LogP contribution in [0.3, 0.4) is 0 Å². The first-order valence-corrected chi connectivity index (χ1v) is 9.11. The average molecular weight is 392 g/mol. The number of benzene rings is 3. The molecule has 5 heteroatoms. The third-order valence-corrected chi connectivity index (χ3v) is 4.66. The van der Waals surface area contributed by atoms with E-state index in [9.17, 15) is 0 Å². The van der Waals surface area contributed by atoms with Crippen molar-refractivity contribution in [2.75, 3.05) is 14.2 Å². The van der Waals surface area contributed by atoms with Gasteiger partial charge in [-0.1, -0.05) is 23.7 Å². The topological polar surface area (TPSA) is 44.0 Å². The summed E-state index contributed by atoms with van der Waals surface area (Å²) in [5, 5.41) is 2.36. The van der Waals surface area contributed by atoms with Gasteiger partial charge in [-0.25, -0.2) is 4.99 Å². The van der Waals surface area contributed by atoms with Gasteiger partial charge in [0.2, 0.25) is 0 Å². The Bertz CT molecular complexity index is 1200. The standard InChI is InChI=1S/C23H18ClNO3/c1-26-17-11-12-22(27-2)20(13-17)25-19-14-23(15-7-9-16(24)10-8-15)28-21-6-4-3-5-18(19)21/h3-14H,1-2H3. The van der Waals surface area contributed by atoms with Crippen molar-refractivity contribution in [1.29, 1.82) is 0 Å². The van der Waals surface area contributed by atoms with E-state index in [1.54, 1.807) is 14.2 Å². The molecule has 28 heavy (non-hydrogen) atoms. The molecule has 4 aromatic rings. The predicted molar refractivity (Wildman–Crippen MR) is 111 cm³/mol. The first-order chi connectivity index (χ1) is 13.7. The summed E-state index contributed by atoms with van der Waals surface area (Å²) >= 11 is 6.02. The van der Waals surface area contributed by atoms with Crippen LogP contribution in [0.25, 0.3) is 22.3 Å². The van der Waals surface area contributed by atoms with Gasteiger partial charge in [0, 0.05) is 28.1 Å². The molecule has 4 rings (SSSR count). The van der Waals surface area contributed by atoms with E-state index in [0.717, 1.165) is 21.9 Å². The summed E-state index contributed by atoms with van der Waals surface area (Å²) in [5.41, 5.74) is 2.35. The van der Waals surface area contributed by atoms with E-state index in [4.69, 9.17) is 30.5 Å².